The van der Waals surface area contributed by atoms with Crippen LogP contribution in [-0.4, -0.2) is 45.8 Å². The summed E-state index contributed by atoms with van der Waals surface area (Å²) in [4.78, 5) is 0. The molecule has 0 aromatic rings. The Morgan fingerprint density at radius 2 is 1.11 bits per heavy atom. The van der Waals surface area contributed by atoms with Crippen LogP contribution in [0.4, 0.5) is 0 Å². The summed E-state index contributed by atoms with van der Waals surface area (Å²) in [5.74, 6) is 0. The fourth-order valence-electron chi connectivity index (χ4n) is 0. The molecule has 0 saturated heterocycles. The average molecular weight is 251 g/mol. The van der Waals surface area contributed by atoms with E-state index in [0.29, 0.717) is 0 Å². The first kappa shape index (κ1) is 30.4. The monoisotopic (exact) mass is 250 g/mol. The second-order valence-electron chi connectivity index (χ2n) is 0.448. The number of hydrogen-bond donors (Lipinski definition) is 2. The van der Waals surface area contributed by atoms with E-state index in [0.717, 1.165) is 0 Å². The second-order valence-corrected chi connectivity index (χ2v) is 1.34. The minimum atomic E-state index is -4.67. The summed E-state index contributed by atoms with van der Waals surface area (Å²) < 4.78 is 31.6. The Morgan fingerprint density at radius 3 is 1.11 bits per heavy atom. The molecule has 0 amide bonds. The van der Waals surface area contributed by atoms with Crippen molar-refractivity contribution in [2.75, 3.05) is 0 Å². The van der Waals surface area contributed by atoms with Crippen molar-refractivity contribution in [3.8, 4) is 0 Å². The van der Waals surface area contributed by atoms with Gasteiger partial charge >= 0.3 is 68.6 Å². The van der Waals surface area contributed by atoms with Crippen molar-refractivity contribution < 1.29 is 88.1 Å². The standard InChI is InChI=1S/Al.H2O4S.2H2O.Rb.4H/c;1-5(2,3)4;;;;;;;/h;(H2,1,2,3,4);2*1H2;;;;;/q;;;;+1;;;;-1. The Hall–Kier alpha value is 2.13. The molecule has 6 nitrogen and oxygen atoms in total. The van der Waals surface area contributed by atoms with Crippen LogP contribution in [-0.2, 0) is 10.4 Å². The van der Waals surface area contributed by atoms with Crippen LogP contribution in [0.5, 0.6) is 0 Å². The van der Waals surface area contributed by atoms with Crippen molar-refractivity contribution in [3.63, 3.8) is 0 Å². The zero-order valence-electron chi connectivity index (χ0n) is 5.12. The van der Waals surface area contributed by atoms with Gasteiger partial charge in [0.2, 0.25) is 0 Å². The quantitative estimate of drug-likeness (QED) is 0.326. The summed E-state index contributed by atoms with van der Waals surface area (Å²) in [6.07, 6.45) is 0. The fourth-order valence-corrected chi connectivity index (χ4v) is 0. The third kappa shape index (κ3) is 148. The van der Waals surface area contributed by atoms with Crippen molar-refractivity contribution in [3.05, 3.63) is 0 Å². The molecular weight excluding hydrogens is 241 g/mol. The molecule has 0 aromatic carbocycles. The normalized spacial score (nSPS) is 6.44. The molecule has 0 rings (SSSR count). The van der Waals surface area contributed by atoms with E-state index in [2.05, 4.69) is 0 Å². The van der Waals surface area contributed by atoms with Gasteiger partial charge in [-0.1, -0.05) is 0 Å². The zero-order chi connectivity index (χ0) is 4.50. The molecule has 0 radical (unpaired) electrons. The van der Waals surface area contributed by atoms with E-state index < -0.39 is 10.4 Å². The maximum atomic E-state index is 8.74. The van der Waals surface area contributed by atoms with E-state index in [4.69, 9.17) is 17.5 Å². The van der Waals surface area contributed by atoms with E-state index in [1.54, 1.807) is 0 Å². The average Bonchev–Trinajstić information content (AvgIpc) is 0.722. The summed E-state index contributed by atoms with van der Waals surface area (Å²) in [5, 5.41) is 0. The third-order valence-corrected chi connectivity index (χ3v) is 0. The number of rotatable bonds is 0. The summed E-state index contributed by atoms with van der Waals surface area (Å²) in [6, 6.07) is 0. The molecule has 0 bridgehead atoms. The van der Waals surface area contributed by atoms with Crippen molar-refractivity contribution in [2.45, 2.75) is 0 Å². The fraction of sp³-hybridized carbons (Fsp3) is 0. The summed E-state index contributed by atoms with van der Waals surface area (Å²) in [6.45, 7) is 0. The van der Waals surface area contributed by atoms with E-state index >= 15 is 0 Å². The van der Waals surface area contributed by atoms with Crippen LogP contribution in [0, 0.1) is 0 Å². The van der Waals surface area contributed by atoms with Crippen LogP contribution < -0.4 is 58.2 Å². The molecule has 9 heteroatoms. The van der Waals surface area contributed by atoms with Gasteiger partial charge in [-0.2, -0.15) is 8.42 Å². The summed E-state index contributed by atoms with van der Waals surface area (Å²) in [7, 11) is -4.67. The first-order valence-corrected chi connectivity index (χ1v) is 2.10. The van der Waals surface area contributed by atoms with Gasteiger partial charge in [-0.25, -0.2) is 0 Å². The van der Waals surface area contributed by atoms with Gasteiger partial charge in [-0.05, 0) is 0 Å². The van der Waals surface area contributed by atoms with Crippen LogP contribution in [0.2, 0.25) is 0 Å². The Morgan fingerprint density at radius 1 is 1.11 bits per heavy atom. The van der Waals surface area contributed by atoms with Gasteiger partial charge in [0.25, 0.3) is 0 Å². The van der Waals surface area contributed by atoms with Crippen molar-refractivity contribution in [2.24, 2.45) is 0 Å². The van der Waals surface area contributed by atoms with Crippen LogP contribution in [0.15, 0.2) is 0 Å². The number of hydrogen-bond acceptors (Lipinski definition) is 2. The van der Waals surface area contributed by atoms with E-state index in [1.807, 2.05) is 0 Å². The largest absolute Gasteiger partial charge is 1.00 e. The molecule has 0 saturated carbocycles. The van der Waals surface area contributed by atoms with Gasteiger partial charge in [0, 0.05) is 0 Å². The van der Waals surface area contributed by atoms with E-state index in [1.165, 1.54) is 0 Å². The Kier molecular flexibility index (Phi) is 43.1. The Labute approximate surface area is 114 Å². The third-order valence-electron chi connectivity index (χ3n) is 0. The van der Waals surface area contributed by atoms with Crippen LogP contribution in [0.3, 0.4) is 0 Å². The van der Waals surface area contributed by atoms with Crippen LogP contribution in [0.1, 0.15) is 1.43 Å². The van der Waals surface area contributed by atoms with Crippen molar-refractivity contribution in [1.29, 1.82) is 0 Å². The van der Waals surface area contributed by atoms with Gasteiger partial charge < -0.3 is 12.4 Å². The molecule has 0 aliphatic heterocycles. The molecule has 0 aromatic heterocycles. The topological polar surface area (TPSA) is 138 Å². The van der Waals surface area contributed by atoms with E-state index in [-0.39, 0.29) is 87.9 Å². The Bertz CT molecular complexity index is 101. The van der Waals surface area contributed by atoms with Gasteiger partial charge in [-0.15, -0.1) is 0 Å². The van der Waals surface area contributed by atoms with Crippen LogP contribution in [0.25, 0.3) is 0 Å². The smallest absolute Gasteiger partial charge is 1.00 e. The predicted octanol–water partition coefficient (Wildman–Crippen LogP) is -6.37. The molecule has 0 fully saturated rings. The molecule has 0 atom stereocenters. The SMILES string of the molecule is O.O.O=S(=O)(O)O.[AlH3].[H-].[Rb+]. The first-order chi connectivity index (χ1) is 2.00. The Balaban J connectivity index is -0.00000000800. The summed E-state index contributed by atoms with van der Waals surface area (Å²) in [5.41, 5.74) is 0. The minimum Gasteiger partial charge on any atom is -1.00 e. The molecule has 6 N–H and O–H groups in total. The van der Waals surface area contributed by atoms with Crippen LogP contribution >= 0.6 is 0 Å². The van der Waals surface area contributed by atoms with Gasteiger partial charge in [0.15, 0.2) is 17.4 Å². The molecule has 56 valence electrons. The molecule has 0 aliphatic carbocycles. The molecule has 0 heterocycles. The molecule has 0 unspecified atom stereocenters. The van der Waals surface area contributed by atoms with Gasteiger partial charge in [0.1, 0.15) is 0 Å². The molecule has 0 spiro atoms. The van der Waals surface area contributed by atoms with Crippen molar-refractivity contribution in [1.82, 2.24) is 0 Å². The van der Waals surface area contributed by atoms with Gasteiger partial charge in [0.05, 0.1) is 0 Å². The molecular formula is H10AlO6RbS. The zero-order valence-corrected chi connectivity index (χ0v) is 9.85. The summed E-state index contributed by atoms with van der Waals surface area (Å²) >= 11 is 0. The van der Waals surface area contributed by atoms with Gasteiger partial charge in [-0.3, -0.25) is 9.11 Å². The minimum absolute atomic E-state index is 0. The molecule has 9 heavy (non-hydrogen) atoms. The predicted molar refractivity (Wildman–Crippen MR) is 32.5 cm³/mol. The molecule has 0 aliphatic rings. The second kappa shape index (κ2) is 12.8. The van der Waals surface area contributed by atoms with Crippen molar-refractivity contribution >= 4 is 27.8 Å². The first-order valence-electron chi connectivity index (χ1n) is 0.698. The van der Waals surface area contributed by atoms with E-state index in [9.17, 15) is 0 Å². The maximum absolute atomic E-state index is 8.74. The maximum Gasteiger partial charge on any atom is 1.00 e.